The van der Waals surface area contributed by atoms with Crippen molar-refractivity contribution in [1.29, 1.82) is 0 Å². The van der Waals surface area contributed by atoms with E-state index in [9.17, 15) is 0 Å². The average molecular weight is 491 g/mol. The van der Waals surface area contributed by atoms with Crippen LogP contribution >= 0.6 is 12.0 Å². The lowest BCUT2D eigenvalue weighted by Crippen LogP contribution is -2.02. The molecular weight excluding hydrogens is 464 g/mol. The van der Waals surface area contributed by atoms with Gasteiger partial charge in [0.25, 0.3) is 0 Å². The van der Waals surface area contributed by atoms with Gasteiger partial charge in [0, 0.05) is 29.0 Å². The van der Waals surface area contributed by atoms with Gasteiger partial charge in [-0.3, -0.25) is 0 Å². The lowest BCUT2D eigenvalue weighted by molar-refractivity contribution is -0.187. The number of rotatable bonds is 7. The number of imidazole rings is 1. The molecule has 3 aromatic carbocycles. The monoisotopic (exact) mass is 490 g/mol. The first kappa shape index (κ1) is 23.3. The number of methoxy groups -OCH3 is 3. The second kappa shape index (κ2) is 10.4. The van der Waals surface area contributed by atoms with E-state index in [1.54, 1.807) is 21.3 Å². The molecule has 4 aromatic rings. The minimum absolute atomic E-state index is 0.530. The molecule has 8 heteroatoms. The van der Waals surface area contributed by atoms with Gasteiger partial charge in [-0.05, 0) is 29.3 Å². The van der Waals surface area contributed by atoms with Crippen LogP contribution in [-0.4, -0.2) is 37.5 Å². The average Bonchev–Trinajstić information content (AvgIpc) is 3.16. The lowest BCUT2D eigenvalue weighted by Gasteiger charge is -2.17. The highest BCUT2D eigenvalue weighted by Crippen LogP contribution is 2.44. The molecule has 0 atom stereocenters. The van der Waals surface area contributed by atoms with Gasteiger partial charge < -0.3 is 18.8 Å². The molecule has 180 valence electrons. The number of hydrogen-bond acceptors (Lipinski definition) is 7. The maximum atomic E-state index is 5.64. The summed E-state index contributed by atoms with van der Waals surface area (Å²) in [5.74, 6) is 1.72. The van der Waals surface area contributed by atoms with E-state index < -0.39 is 0 Å². The molecule has 0 amide bonds. The second-order valence-electron chi connectivity index (χ2n) is 8.02. The summed E-state index contributed by atoms with van der Waals surface area (Å²) in [6.45, 7) is 1.19. The third-order valence-corrected chi connectivity index (χ3v) is 6.66. The molecule has 2 heterocycles. The fourth-order valence-corrected chi connectivity index (χ4v) is 4.89. The number of nitrogens with zero attached hydrogens (tertiary/aromatic N) is 2. The molecule has 7 nitrogen and oxygen atoms in total. The Morgan fingerprint density at radius 2 is 1.69 bits per heavy atom. The van der Waals surface area contributed by atoms with Crippen molar-refractivity contribution in [3.05, 3.63) is 78.1 Å². The first-order valence-electron chi connectivity index (χ1n) is 11.2. The topological polar surface area (TPSA) is 64.0 Å². The lowest BCUT2D eigenvalue weighted by atomic mass is 10.0. The molecule has 5 rings (SSSR count). The maximum Gasteiger partial charge on any atom is 0.203 e. The van der Waals surface area contributed by atoms with Crippen LogP contribution in [0.1, 0.15) is 11.1 Å². The van der Waals surface area contributed by atoms with Crippen molar-refractivity contribution in [2.24, 2.45) is 0 Å². The summed E-state index contributed by atoms with van der Waals surface area (Å²) < 4.78 is 24.2. The van der Waals surface area contributed by atoms with Gasteiger partial charge >= 0.3 is 0 Å². The van der Waals surface area contributed by atoms with E-state index in [1.165, 1.54) is 23.2 Å². The highest BCUT2D eigenvalue weighted by atomic mass is 32.2. The van der Waals surface area contributed by atoms with Crippen LogP contribution in [0.3, 0.4) is 0 Å². The van der Waals surface area contributed by atoms with Crippen molar-refractivity contribution in [2.75, 3.05) is 27.9 Å². The normalized spacial score (nSPS) is 13.1. The van der Waals surface area contributed by atoms with Crippen LogP contribution in [0.25, 0.3) is 22.5 Å². The largest absolute Gasteiger partial charge is 0.493 e. The highest BCUT2D eigenvalue weighted by Gasteiger charge is 2.22. The van der Waals surface area contributed by atoms with Crippen LogP contribution in [0.4, 0.5) is 0 Å². The van der Waals surface area contributed by atoms with Crippen molar-refractivity contribution in [3.63, 3.8) is 0 Å². The minimum atomic E-state index is 0.530. The molecule has 1 aromatic heterocycles. The summed E-state index contributed by atoms with van der Waals surface area (Å²) in [5.41, 5.74) is 6.05. The summed E-state index contributed by atoms with van der Waals surface area (Å²) in [6.07, 6.45) is 2.67. The Kier molecular flexibility index (Phi) is 6.94. The Morgan fingerprint density at radius 1 is 0.914 bits per heavy atom. The van der Waals surface area contributed by atoms with Crippen LogP contribution in [0.2, 0.25) is 0 Å². The minimum Gasteiger partial charge on any atom is -0.493 e. The van der Waals surface area contributed by atoms with Crippen LogP contribution in [-0.2, 0) is 22.2 Å². The standard InChI is InChI=1S/C27H26N2O5S/c1-30-22-13-21(14-23(31-2)27(22)32-3)26-25(28-17-29(26)16-18-7-5-4-6-8-18)20-10-9-19-11-12-33-34-35-24(19)15-20/h4-10,13-15,17H,11-12,16H2,1-3H3. The van der Waals surface area contributed by atoms with Crippen LogP contribution < -0.4 is 14.2 Å². The summed E-state index contributed by atoms with van der Waals surface area (Å²) >= 11 is 1.23. The highest BCUT2D eigenvalue weighted by molar-refractivity contribution is 7.94. The first-order valence-corrected chi connectivity index (χ1v) is 11.9. The molecule has 0 N–H and O–H groups in total. The molecule has 1 aliphatic rings. The van der Waals surface area contributed by atoms with Crippen LogP contribution in [0.15, 0.2) is 71.9 Å². The molecule has 0 spiro atoms. The van der Waals surface area contributed by atoms with Gasteiger partial charge in [-0.1, -0.05) is 42.5 Å². The van der Waals surface area contributed by atoms with Gasteiger partial charge in [0.1, 0.15) is 0 Å². The molecule has 0 aliphatic carbocycles. The van der Waals surface area contributed by atoms with E-state index in [-0.39, 0.29) is 0 Å². The molecular formula is C27H26N2O5S. The fourth-order valence-electron chi connectivity index (χ4n) is 4.25. The predicted molar refractivity (Wildman–Crippen MR) is 135 cm³/mol. The van der Waals surface area contributed by atoms with Gasteiger partial charge in [-0.2, -0.15) is 4.33 Å². The first-order chi connectivity index (χ1) is 17.2. The van der Waals surface area contributed by atoms with Gasteiger partial charge in [0.15, 0.2) is 11.5 Å². The number of benzene rings is 3. The van der Waals surface area contributed by atoms with E-state index in [0.717, 1.165) is 33.8 Å². The number of hydrogen-bond donors (Lipinski definition) is 0. The predicted octanol–water partition coefficient (Wildman–Crippen LogP) is 5.80. The molecule has 0 fully saturated rings. The molecule has 1 aliphatic heterocycles. The third kappa shape index (κ3) is 4.73. The summed E-state index contributed by atoms with van der Waals surface area (Å²) in [7, 11) is 4.84. The molecule has 0 saturated heterocycles. The fraction of sp³-hybridized carbons (Fsp3) is 0.222. The van der Waals surface area contributed by atoms with Gasteiger partial charge in [0.05, 0.1) is 57.7 Å². The smallest absolute Gasteiger partial charge is 0.203 e. The van der Waals surface area contributed by atoms with Crippen LogP contribution in [0.5, 0.6) is 17.2 Å². The van der Waals surface area contributed by atoms with E-state index in [2.05, 4.69) is 34.9 Å². The molecule has 0 saturated carbocycles. The van der Waals surface area contributed by atoms with Crippen molar-refractivity contribution >= 4 is 12.0 Å². The zero-order valence-electron chi connectivity index (χ0n) is 19.8. The number of fused-ring (bicyclic) bond motifs is 1. The van der Waals surface area contributed by atoms with Gasteiger partial charge in [0.2, 0.25) is 5.75 Å². The number of ether oxygens (including phenoxy) is 3. The van der Waals surface area contributed by atoms with E-state index >= 15 is 0 Å². The summed E-state index contributed by atoms with van der Waals surface area (Å²) in [5, 5.41) is 0. The van der Waals surface area contributed by atoms with Crippen molar-refractivity contribution in [1.82, 2.24) is 9.55 Å². The van der Waals surface area contributed by atoms with Gasteiger partial charge in [-0.25, -0.2) is 9.87 Å². The Bertz CT molecular complexity index is 1300. The molecule has 0 radical (unpaired) electrons. The van der Waals surface area contributed by atoms with Crippen molar-refractivity contribution < 1.29 is 23.4 Å². The van der Waals surface area contributed by atoms with Crippen molar-refractivity contribution in [2.45, 2.75) is 17.9 Å². The zero-order valence-corrected chi connectivity index (χ0v) is 20.6. The summed E-state index contributed by atoms with van der Waals surface area (Å²) in [4.78, 5) is 11.0. The summed E-state index contributed by atoms with van der Waals surface area (Å²) in [6, 6.07) is 20.5. The Labute approximate surface area is 208 Å². The maximum absolute atomic E-state index is 5.64. The van der Waals surface area contributed by atoms with Crippen molar-refractivity contribution in [3.8, 4) is 39.8 Å². The Hall–Kier alpha value is -3.46. The SMILES string of the molecule is COc1cc(-c2c(-c3ccc4c(c3)SOOCC4)ncn2Cc2ccccc2)cc(OC)c1OC. The van der Waals surface area contributed by atoms with Crippen LogP contribution in [0, 0.1) is 0 Å². The molecule has 0 bridgehead atoms. The molecule has 0 unspecified atom stereocenters. The second-order valence-corrected chi connectivity index (χ2v) is 8.76. The van der Waals surface area contributed by atoms with E-state index in [4.69, 9.17) is 28.4 Å². The zero-order chi connectivity index (χ0) is 24.2. The Balaban J connectivity index is 1.68. The Morgan fingerprint density at radius 3 is 2.40 bits per heavy atom. The third-order valence-electron chi connectivity index (χ3n) is 5.94. The van der Waals surface area contributed by atoms with Gasteiger partial charge in [-0.15, -0.1) is 0 Å². The van der Waals surface area contributed by atoms with E-state index in [1.807, 2.05) is 36.7 Å². The number of aromatic nitrogens is 2. The molecule has 35 heavy (non-hydrogen) atoms. The quantitative estimate of drug-likeness (QED) is 0.240. The van der Waals surface area contributed by atoms with E-state index in [0.29, 0.717) is 30.4 Å².